The highest BCUT2D eigenvalue weighted by Gasteiger charge is 2.24. The van der Waals surface area contributed by atoms with Gasteiger partial charge in [0, 0.05) is 16.9 Å². The van der Waals surface area contributed by atoms with Gasteiger partial charge in [-0.15, -0.1) is 0 Å². The molecular formula is C19H25N2O5P. The molecule has 0 saturated heterocycles. The number of benzene rings is 2. The molecular weight excluding hydrogens is 367 g/mol. The maximum atomic E-state index is 12.4. The molecule has 146 valence electrons. The molecule has 2 rings (SSSR count). The van der Waals surface area contributed by atoms with Crippen LogP contribution >= 0.6 is 7.60 Å². The quantitative estimate of drug-likeness (QED) is 0.484. The number of rotatable bonds is 9. The van der Waals surface area contributed by atoms with Gasteiger partial charge in [0.05, 0.1) is 13.2 Å². The first-order valence-electron chi connectivity index (χ1n) is 8.65. The van der Waals surface area contributed by atoms with Gasteiger partial charge in [-0.2, -0.15) is 0 Å². The highest BCUT2D eigenvalue weighted by atomic mass is 31.2. The minimum Gasteiger partial charge on any atom is -0.481 e. The molecule has 3 N–H and O–H groups in total. The fourth-order valence-electron chi connectivity index (χ4n) is 2.28. The molecule has 0 radical (unpaired) electrons. The van der Waals surface area contributed by atoms with E-state index in [9.17, 15) is 9.36 Å². The smallest absolute Gasteiger partial charge is 0.367 e. The van der Waals surface area contributed by atoms with Crippen LogP contribution in [0, 0.1) is 6.92 Å². The molecule has 0 fully saturated rings. The Morgan fingerprint density at radius 3 is 2.26 bits per heavy atom. The van der Waals surface area contributed by atoms with Crippen molar-refractivity contribution in [2.75, 3.05) is 30.6 Å². The van der Waals surface area contributed by atoms with Crippen LogP contribution < -0.4 is 15.8 Å². The molecule has 0 heterocycles. The van der Waals surface area contributed by atoms with Crippen molar-refractivity contribution in [1.29, 1.82) is 0 Å². The second-order valence-corrected chi connectivity index (χ2v) is 7.77. The Bertz CT molecular complexity index is 813. The van der Waals surface area contributed by atoms with Crippen molar-refractivity contribution in [3.05, 3.63) is 53.6 Å². The molecule has 27 heavy (non-hydrogen) atoms. The van der Waals surface area contributed by atoms with Crippen molar-refractivity contribution in [3.8, 4) is 5.75 Å². The van der Waals surface area contributed by atoms with Crippen LogP contribution in [0.3, 0.4) is 0 Å². The second kappa shape index (κ2) is 9.55. The van der Waals surface area contributed by atoms with E-state index < -0.39 is 7.60 Å². The molecule has 0 spiro atoms. The number of hydrogen-bond donors (Lipinski definition) is 2. The summed E-state index contributed by atoms with van der Waals surface area (Å²) < 4.78 is 28.2. The Balaban J connectivity index is 1.98. The number of aryl methyl sites for hydroxylation is 1. The van der Waals surface area contributed by atoms with E-state index in [1.165, 1.54) is 0 Å². The van der Waals surface area contributed by atoms with Gasteiger partial charge in [0.1, 0.15) is 5.75 Å². The predicted molar refractivity (Wildman–Crippen MR) is 106 cm³/mol. The zero-order chi connectivity index (χ0) is 19.9. The summed E-state index contributed by atoms with van der Waals surface area (Å²) in [6.07, 6.45) is -0.192. The number of carbonyl (C=O) groups is 1. The Kier molecular flexibility index (Phi) is 7.42. The third kappa shape index (κ3) is 6.10. The van der Waals surface area contributed by atoms with E-state index in [1.54, 1.807) is 50.2 Å². The Labute approximate surface area is 159 Å². The lowest BCUT2D eigenvalue weighted by Crippen LogP contribution is -2.12. The third-order valence-corrected chi connectivity index (χ3v) is 5.44. The number of carbonyl (C=O) groups excluding carboxylic acids is 1. The molecule has 0 unspecified atom stereocenters. The van der Waals surface area contributed by atoms with Crippen LogP contribution in [0.25, 0.3) is 0 Å². The average molecular weight is 392 g/mol. The number of hydrogen-bond acceptors (Lipinski definition) is 6. The van der Waals surface area contributed by atoms with Crippen molar-refractivity contribution in [2.45, 2.75) is 20.8 Å². The topological polar surface area (TPSA) is 99.9 Å². The van der Waals surface area contributed by atoms with E-state index in [2.05, 4.69) is 5.32 Å². The first-order valence-corrected chi connectivity index (χ1v) is 10.4. The second-order valence-electron chi connectivity index (χ2n) is 5.77. The van der Waals surface area contributed by atoms with E-state index in [-0.39, 0.29) is 25.5 Å². The van der Waals surface area contributed by atoms with Gasteiger partial charge < -0.3 is 24.8 Å². The highest BCUT2D eigenvalue weighted by molar-refractivity contribution is 7.53. The maximum Gasteiger partial charge on any atom is 0.367 e. The molecule has 2 aromatic carbocycles. The van der Waals surface area contributed by atoms with E-state index in [0.29, 0.717) is 22.7 Å². The van der Waals surface area contributed by atoms with Crippen molar-refractivity contribution in [3.63, 3.8) is 0 Å². The van der Waals surface area contributed by atoms with Gasteiger partial charge in [-0.3, -0.25) is 9.36 Å². The van der Waals surface area contributed by atoms with Gasteiger partial charge in [-0.25, -0.2) is 0 Å². The first-order chi connectivity index (χ1) is 12.9. The lowest BCUT2D eigenvalue weighted by molar-refractivity contribution is 0.102. The number of nitrogen functional groups attached to an aromatic ring is 1. The number of nitrogens with two attached hydrogens (primary N) is 1. The number of ether oxygens (including phenoxy) is 1. The van der Waals surface area contributed by atoms with Gasteiger partial charge in [-0.05, 0) is 62.7 Å². The Morgan fingerprint density at radius 2 is 1.70 bits per heavy atom. The highest BCUT2D eigenvalue weighted by Crippen LogP contribution is 2.47. The van der Waals surface area contributed by atoms with Crippen molar-refractivity contribution in [1.82, 2.24) is 0 Å². The molecule has 0 atom stereocenters. The molecule has 0 aliphatic rings. The molecule has 1 amide bonds. The summed E-state index contributed by atoms with van der Waals surface area (Å²) in [5, 5.41) is 2.79. The third-order valence-electron chi connectivity index (χ3n) is 3.69. The van der Waals surface area contributed by atoms with Crippen LogP contribution in [0.5, 0.6) is 5.75 Å². The largest absolute Gasteiger partial charge is 0.481 e. The SMILES string of the molecule is CCOP(=O)(COc1ccc(C(=O)Nc2ccc(C)c(N)c2)cc1)OCC. The molecule has 0 aliphatic heterocycles. The normalized spacial score (nSPS) is 11.2. The van der Waals surface area contributed by atoms with Gasteiger partial charge >= 0.3 is 7.60 Å². The summed E-state index contributed by atoms with van der Waals surface area (Å²) in [4.78, 5) is 12.3. The van der Waals surface area contributed by atoms with Crippen LogP contribution in [0.1, 0.15) is 29.8 Å². The molecule has 0 aliphatic carbocycles. The van der Waals surface area contributed by atoms with E-state index in [4.69, 9.17) is 19.5 Å². The van der Waals surface area contributed by atoms with Crippen LogP contribution in [-0.4, -0.2) is 25.5 Å². The monoisotopic (exact) mass is 392 g/mol. The summed E-state index contributed by atoms with van der Waals surface area (Å²) in [5.41, 5.74) is 8.50. The molecule has 7 nitrogen and oxygen atoms in total. The fraction of sp³-hybridized carbons (Fsp3) is 0.316. The Hall–Kier alpha value is -2.34. The minimum atomic E-state index is -3.28. The zero-order valence-corrected chi connectivity index (χ0v) is 16.6. The molecule has 0 aromatic heterocycles. The lowest BCUT2D eigenvalue weighted by atomic mass is 10.1. The molecule has 8 heteroatoms. The number of anilines is 2. The van der Waals surface area contributed by atoms with E-state index >= 15 is 0 Å². The van der Waals surface area contributed by atoms with Gasteiger partial charge in [0.25, 0.3) is 5.91 Å². The standard InChI is InChI=1S/C19H25N2O5P/c1-4-25-27(23,26-5-2)13-24-17-10-7-15(8-11-17)19(22)21-16-9-6-14(3)18(20)12-16/h6-12H,4-5,13,20H2,1-3H3,(H,21,22). The zero-order valence-electron chi connectivity index (χ0n) is 15.7. The summed E-state index contributed by atoms with van der Waals surface area (Å²) in [6.45, 7) is 5.91. The number of nitrogens with one attached hydrogen (secondary N) is 1. The van der Waals surface area contributed by atoms with Gasteiger partial charge in [-0.1, -0.05) is 6.07 Å². The fourth-order valence-corrected chi connectivity index (χ4v) is 3.60. The summed E-state index contributed by atoms with van der Waals surface area (Å²) in [5.74, 6) is 0.199. The Morgan fingerprint density at radius 1 is 1.07 bits per heavy atom. The average Bonchev–Trinajstić information content (AvgIpc) is 2.64. The lowest BCUT2D eigenvalue weighted by Gasteiger charge is -2.17. The van der Waals surface area contributed by atoms with Crippen molar-refractivity contribution in [2.24, 2.45) is 0 Å². The summed E-state index contributed by atoms with van der Waals surface area (Å²) in [7, 11) is -3.28. The summed E-state index contributed by atoms with van der Waals surface area (Å²) in [6, 6.07) is 11.8. The molecule has 0 saturated carbocycles. The van der Waals surface area contributed by atoms with Crippen molar-refractivity contribution < 1.29 is 23.1 Å². The maximum absolute atomic E-state index is 12.4. The van der Waals surface area contributed by atoms with Crippen LogP contribution in [0.15, 0.2) is 42.5 Å². The van der Waals surface area contributed by atoms with E-state index in [0.717, 1.165) is 5.56 Å². The minimum absolute atomic E-state index is 0.192. The first kappa shape index (κ1) is 21.0. The number of amides is 1. The van der Waals surface area contributed by atoms with Crippen molar-refractivity contribution >= 4 is 24.9 Å². The van der Waals surface area contributed by atoms with Crippen LogP contribution in [0.2, 0.25) is 0 Å². The van der Waals surface area contributed by atoms with Gasteiger partial charge in [0.2, 0.25) is 0 Å². The summed E-state index contributed by atoms with van der Waals surface area (Å²) >= 11 is 0. The van der Waals surface area contributed by atoms with E-state index in [1.807, 2.05) is 13.0 Å². The molecule has 2 aromatic rings. The molecule has 0 bridgehead atoms. The van der Waals surface area contributed by atoms with Crippen LogP contribution in [-0.2, 0) is 13.6 Å². The predicted octanol–water partition coefficient (Wildman–Crippen LogP) is 4.43. The van der Waals surface area contributed by atoms with Gasteiger partial charge in [0.15, 0.2) is 6.35 Å². The van der Waals surface area contributed by atoms with Crippen LogP contribution in [0.4, 0.5) is 11.4 Å².